The van der Waals surface area contributed by atoms with Crippen LogP contribution in [0.15, 0.2) is 24.4 Å². The Bertz CT molecular complexity index is 367. The largest absolute Gasteiger partial charge is 0.361 e. The van der Waals surface area contributed by atoms with Crippen LogP contribution < -0.4 is 0 Å². The molecular weight excluding hydrogens is 258 g/mol. The first-order valence-corrected chi connectivity index (χ1v) is 8.48. The predicted molar refractivity (Wildman–Crippen MR) is 91.1 cm³/mol. The molecule has 0 amide bonds. The van der Waals surface area contributed by atoms with E-state index < -0.39 is 0 Å². The van der Waals surface area contributed by atoms with Gasteiger partial charge in [0.25, 0.3) is 0 Å². The minimum absolute atomic E-state index is 0.612. The van der Waals surface area contributed by atoms with Crippen molar-refractivity contribution in [2.24, 2.45) is 11.8 Å². The molecule has 0 radical (unpaired) electrons. The minimum atomic E-state index is 0.612. The van der Waals surface area contributed by atoms with Gasteiger partial charge in [0.2, 0.25) is 0 Å². The summed E-state index contributed by atoms with van der Waals surface area (Å²) < 4.78 is 0. The molecule has 0 atom stereocenters. The highest BCUT2D eigenvalue weighted by molar-refractivity contribution is 5.01. The number of rotatable bonds is 6. The Morgan fingerprint density at radius 1 is 1.05 bits per heavy atom. The van der Waals surface area contributed by atoms with E-state index in [2.05, 4.69) is 48.6 Å². The number of likely N-dealkylation sites (tertiary alicyclic amines) is 1. The van der Waals surface area contributed by atoms with Crippen LogP contribution >= 0.6 is 0 Å². The van der Waals surface area contributed by atoms with Crippen molar-refractivity contribution >= 4 is 0 Å². The summed E-state index contributed by atoms with van der Waals surface area (Å²) in [4.78, 5) is 7.58. The smallest absolute Gasteiger partial charge is 0.0705 e. The average Bonchev–Trinajstić information content (AvgIpc) is 2.89. The van der Waals surface area contributed by atoms with Gasteiger partial charge in [-0.1, -0.05) is 32.6 Å². The SMILES string of the molecule is C=C(CN1CCC(CN2CCN(C(=C)C)C2)CC1)C(C)C. The van der Waals surface area contributed by atoms with Crippen molar-refractivity contribution in [3.8, 4) is 0 Å². The first-order valence-electron chi connectivity index (χ1n) is 8.48. The molecule has 0 aromatic heterocycles. The van der Waals surface area contributed by atoms with Gasteiger partial charge in [0, 0.05) is 31.9 Å². The highest BCUT2D eigenvalue weighted by Crippen LogP contribution is 2.22. The van der Waals surface area contributed by atoms with Gasteiger partial charge in [-0.15, -0.1) is 0 Å². The fourth-order valence-electron chi connectivity index (χ4n) is 3.27. The zero-order valence-electron chi connectivity index (χ0n) is 14.3. The number of piperidine rings is 1. The molecule has 3 nitrogen and oxygen atoms in total. The van der Waals surface area contributed by atoms with Crippen LogP contribution in [0.25, 0.3) is 0 Å². The van der Waals surface area contributed by atoms with Crippen LogP contribution in [0.4, 0.5) is 0 Å². The average molecular weight is 291 g/mol. The second-order valence-electron chi connectivity index (χ2n) is 7.25. The van der Waals surface area contributed by atoms with E-state index >= 15 is 0 Å². The Kier molecular flexibility index (Phi) is 5.88. The maximum absolute atomic E-state index is 4.21. The molecule has 2 heterocycles. The first kappa shape index (κ1) is 16.6. The van der Waals surface area contributed by atoms with Gasteiger partial charge < -0.3 is 4.90 Å². The monoisotopic (exact) mass is 291 g/mol. The van der Waals surface area contributed by atoms with Crippen LogP contribution in [-0.2, 0) is 0 Å². The molecule has 120 valence electrons. The Labute approximate surface area is 131 Å². The van der Waals surface area contributed by atoms with Crippen LogP contribution in [0.5, 0.6) is 0 Å². The Balaban J connectivity index is 1.68. The lowest BCUT2D eigenvalue weighted by molar-refractivity contribution is 0.153. The zero-order chi connectivity index (χ0) is 15.4. The van der Waals surface area contributed by atoms with Gasteiger partial charge >= 0.3 is 0 Å². The molecular formula is C18H33N3. The third kappa shape index (κ3) is 4.86. The molecule has 3 heteroatoms. The Morgan fingerprint density at radius 2 is 1.71 bits per heavy atom. The molecule has 2 aliphatic heterocycles. The lowest BCUT2D eigenvalue weighted by Gasteiger charge is -2.34. The van der Waals surface area contributed by atoms with E-state index in [0.717, 1.165) is 25.7 Å². The van der Waals surface area contributed by atoms with Crippen LogP contribution in [0.2, 0.25) is 0 Å². The van der Waals surface area contributed by atoms with Crippen LogP contribution in [-0.4, -0.2) is 60.6 Å². The summed E-state index contributed by atoms with van der Waals surface area (Å²) in [7, 11) is 0. The number of hydrogen-bond donors (Lipinski definition) is 0. The summed E-state index contributed by atoms with van der Waals surface area (Å²) in [5.74, 6) is 1.49. The second kappa shape index (κ2) is 7.46. The fourth-order valence-corrected chi connectivity index (χ4v) is 3.27. The highest BCUT2D eigenvalue weighted by atomic mass is 15.4. The van der Waals surface area contributed by atoms with Crippen molar-refractivity contribution in [2.75, 3.05) is 45.9 Å². The Hall–Kier alpha value is -0.800. The molecule has 0 saturated carbocycles. The normalized spacial score (nSPS) is 22.2. The molecule has 0 aliphatic carbocycles. The van der Waals surface area contributed by atoms with Gasteiger partial charge in [0.05, 0.1) is 6.67 Å². The number of hydrogen-bond acceptors (Lipinski definition) is 3. The number of allylic oxidation sites excluding steroid dienone is 1. The maximum Gasteiger partial charge on any atom is 0.0705 e. The van der Waals surface area contributed by atoms with Gasteiger partial charge in [-0.3, -0.25) is 9.80 Å². The summed E-state index contributed by atoms with van der Waals surface area (Å²) in [6.45, 7) is 23.2. The van der Waals surface area contributed by atoms with Crippen LogP contribution in [0.1, 0.15) is 33.6 Å². The van der Waals surface area contributed by atoms with Gasteiger partial charge in [-0.2, -0.15) is 0 Å². The van der Waals surface area contributed by atoms with E-state index in [-0.39, 0.29) is 0 Å². The van der Waals surface area contributed by atoms with Crippen molar-refractivity contribution in [3.05, 3.63) is 24.4 Å². The third-order valence-electron chi connectivity index (χ3n) is 5.06. The molecule has 0 bridgehead atoms. The molecule has 0 N–H and O–H groups in total. The van der Waals surface area contributed by atoms with Crippen molar-refractivity contribution in [1.29, 1.82) is 0 Å². The van der Waals surface area contributed by atoms with E-state index in [0.29, 0.717) is 5.92 Å². The Morgan fingerprint density at radius 3 is 2.24 bits per heavy atom. The second-order valence-corrected chi connectivity index (χ2v) is 7.25. The first-order chi connectivity index (χ1) is 9.95. The summed E-state index contributed by atoms with van der Waals surface area (Å²) in [5, 5.41) is 0. The molecule has 0 aromatic carbocycles. The lowest BCUT2D eigenvalue weighted by Crippen LogP contribution is -2.39. The maximum atomic E-state index is 4.21. The van der Waals surface area contributed by atoms with Gasteiger partial charge in [-0.25, -0.2) is 0 Å². The lowest BCUT2D eigenvalue weighted by atomic mass is 9.95. The quantitative estimate of drug-likeness (QED) is 0.697. The fraction of sp³-hybridized carbons (Fsp3) is 0.778. The van der Waals surface area contributed by atoms with Gasteiger partial charge in [0.1, 0.15) is 0 Å². The molecule has 0 unspecified atom stereocenters. The van der Waals surface area contributed by atoms with E-state index in [1.807, 2.05) is 0 Å². The molecule has 21 heavy (non-hydrogen) atoms. The van der Waals surface area contributed by atoms with Crippen molar-refractivity contribution < 1.29 is 0 Å². The molecule has 2 rings (SSSR count). The van der Waals surface area contributed by atoms with Crippen molar-refractivity contribution in [2.45, 2.75) is 33.6 Å². The van der Waals surface area contributed by atoms with Gasteiger partial charge in [0.15, 0.2) is 0 Å². The van der Waals surface area contributed by atoms with Gasteiger partial charge in [-0.05, 0) is 44.7 Å². The zero-order valence-corrected chi connectivity index (χ0v) is 14.3. The van der Waals surface area contributed by atoms with E-state index in [1.54, 1.807) is 0 Å². The summed E-state index contributed by atoms with van der Waals surface area (Å²) >= 11 is 0. The predicted octanol–water partition coefficient (Wildman–Crippen LogP) is 3.02. The van der Waals surface area contributed by atoms with Crippen LogP contribution in [0, 0.1) is 11.8 Å². The third-order valence-corrected chi connectivity index (χ3v) is 5.06. The van der Waals surface area contributed by atoms with Crippen molar-refractivity contribution in [3.63, 3.8) is 0 Å². The van der Waals surface area contributed by atoms with Crippen LogP contribution in [0.3, 0.4) is 0 Å². The molecule has 2 aliphatic rings. The summed E-state index contributed by atoms with van der Waals surface area (Å²) in [5.41, 5.74) is 2.59. The summed E-state index contributed by atoms with van der Waals surface area (Å²) in [6, 6.07) is 0. The highest BCUT2D eigenvalue weighted by Gasteiger charge is 2.25. The van der Waals surface area contributed by atoms with E-state index in [9.17, 15) is 0 Å². The topological polar surface area (TPSA) is 9.72 Å². The molecule has 2 saturated heterocycles. The summed E-state index contributed by atoms with van der Waals surface area (Å²) in [6.07, 6.45) is 2.68. The standard InChI is InChI=1S/C18H33N3/c1-15(2)17(5)12-19-8-6-18(7-9-19)13-20-10-11-21(14-20)16(3)4/h15,18H,3,5-14H2,1-2,4H3. The molecule has 2 fully saturated rings. The number of nitrogens with zero attached hydrogens (tertiary/aromatic N) is 3. The minimum Gasteiger partial charge on any atom is -0.361 e. The molecule has 0 aromatic rings. The van der Waals surface area contributed by atoms with Crippen molar-refractivity contribution in [1.82, 2.24) is 14.7 Å². The van der Waals surface area contributed by atoms with E-state index in [4.69, 9.17) is 0 Å². The van der Waals surface area contributed by atoms with E-state index in [1.165, 1.54) is 50.3 Å². The molecule has 0 spiro atoms.